The highest BCUT2D eigenvalue weighted by Crippen LogP contribution is 2.42. The van der Waals surface area contributed by atoms with Gasteiger partial charge in [0.15, 0.2) is 0 Å². The fourth-order valence-corrected chi connectivity index (χ4v) is 4.42. The van der Waals surface area contributed by atoms with Crippen LogP contribution in [0.4, 0.5) is 4.79 Å². The second-order valence-corrected chi connectivity index (χ2v) is 12.8. The molecule has 1 aromatic rings. The van der Waals surface area contributed by atoms with Crippen LogP contribution in [0.15, 0.2) is 18.2 Å². The van der Waals surface area contributed by atoms with E-state index in [2.05, 4.69) is 17.6 Å². The van der Waals surface area contributed by atoms with Gasteiger partial charge in [-0.2, -0.15) is 0 Å². The predicted octanol–water partition coefficient (Wildman–Crippen LogP) is 5.44. The molecule has 7 nitrogen and oxygen atoms in total. The van der Waals surface area contributed by atoms with Gasteiger partial charge in [0.25, 0.3) is 0 Å². The van der Waals surface area contributed by atoms with Gasteiger partial charge in [-0.25, -0.2) is 4.79 Å². The molecule has 7 heteroatoms. The van der Waals surface area contributed by atoms with Crippen molar-refractivity contribution in [2.24, 2.45) is 11.8 Å². The Hall–Kier alpha value is -2.57. The summed E-state index contributed by atoms with van der Waals surface area (Å²) in [5, 5.41) is 5.92. The first kappa shape index (κ1) is 29.7. The summed E-state index contributed by atoms with van der Waals surface area (Å²) in [6.07, 6.45) is 0.625. The van der Waals surface area contributed by atoms with Crippen LogP contribution in [-0.2, 0) is 14.3 Å². The number of rotatable bonds is 8. The number of ether oxygens (including phenoxy) is 1. The van der Waals surface area contributed by atoms with E-state index in [1.54, 1.807) is 25.7 Å². The first-order valence-electron chi connectivity index (χ1n) is 13.1. The van der Waals surface area contributed by atoms with E-state index in [1.165, 1.54) is 0 Å². The lowest BCUT2D eigenvalue weighted by Gasteiger charge is -2.37. The zero-order valence-electron chi connectivity index (χ0n) is 24.1. The Balaban J connectivity index is 2.57. The summed E-state index contributed by atoms with van der Waals surface area (Å²) >= 11 is 0. The second-order valence-electron chi connectivity index (χ2n) is 12.8. The average molecular weight is 502 g/mol. The predicted molar refractivity (Wildman–Crippen MR) is 144 cm³/mol. The number of hydrogen-bond donors (Lipinski definition) is 2. The molecule has 2 rings (SSSR count). The van der Waals surface area contributed by atoms with E-state index >= 15 is 0 Å². The Kier molecular flexibility index (Phi) is 9.25. The largest absolute Gasteiger partial charge is 0.444 e. The molecule has 0 aliphatic heterocycles. The highest BCUT2D eigenvalue weighted by molar-refractivity contribution is 5.93. The Labute approximate surface area is 217 Å². The van der Waals surface area contributed by atoms with Crippen molar-refractivity contribution in [2.45, 2.75) is 118 Å². The highest BCUT2D eigenvalue weighted by Gasteiger charge is 2.49. The molecule has 1 saturated carbocycles. The van der Waals surface area contributed by atoms with Gasteiger partial charge in [0.2, 0.25) is 11.8 Å². The number of carbonyl (C=O) groups is 3. The highest BCUT2D eigenvalue weighted by atomic mass is 16.6. The topological polar surface area (TPSA) is 87.7 Å². The van der Waals surface area contributed by atoms with Crippen molar-refractivity contribution in [1.82, 2.24) is 15.5 Å². The summed E-state index contributed by atoms with van der Waals surface area (Å²) in [7, 11) is 0. The fraction of sp³-hybridized carbons (Fsp3) is 0.690. The molecule has 4 unspecified atom stereocenters. The SMILES string of the molecule is Cc1cccc(C(C(=O)NC(C)(C)C)N(C(=O)C(CC(C)C)NC(=O)OC(C)(C)C)C2CC2C)c1C. The maximum absolute atomic E-state index is 14.3. The second kappa shape index (κ2) is 11.2. The van der Waals surface area contributed by atoms with Gasteiger partial charge >= 0.3 is 6.09 Å². The summed E-state index contributed by atoms with van der Waals surface area (Å²) in [6.45, 7) is 21.3. The van der Waals surface area contributed by atoms with Crippen molar-refractivity contribution < 1.29 is 19.1 Å². The summed E-state index contributed by atoms with van der Waals surface area (Å²) in [4.78, 5) is 42.5. The van der Waals surface area contributed by atoms with Crippen molar-refractivity contribution in [1.29, 1.82) is 0 Å². The maximum Gasteiger partial charge on any atom is 0.408 e. The van der Waals surface area contributed by atoms with E-state index in [1.807, 2.05) is 66.7 Å². The van der Waals surface area contributed by atoms with Gasteiger partial charge in [-0.15, -0.1) is 0 Å². The minimum Gasteiger partial charge on any atom is -0.444 e. The average Bonchev–Trinajstić information content (AvgIpc) is 3.40. The van der Waals surface area contributed by atoms with E-state index < -0.39 is 29.3 Å². The number of aryl methyl sites for hydroxylation is 1. The summed E-state index contributed by atoms with van der Waals surface area (Å²) in [5.41, 5.74) is 1.70. The number of carbonyl (C=O) groups excluding carboxylic acids is 3. The van der Waals surface area contributed by atoms with Crippen molar-refractivity contribution in [3.05, 3.63) is 34.9 Å². The van der Waals surface area contributed by atoms with Gasteiger partial charge in [0, 0.05) is 11.6 Å². The molecule has 3 amide bonds. The molecule has 0 aromatic heterocycles. The van der Waals surface area contributed by atoms with Crippen LogP contribution in [0.25, 0.3) is 0 Å². The summed E-state index contributed by atoms with van der Waals surface area (Å²) < 4.78 is 5.47. The minimum absolute atomic E-state index is 0.0803. The molecule has 4 atom stereocenters. The zero-order valence-corrected chi connectivity index (χ0v) is 24.1. The lowest BCUT2D eigenvalue weighted by atomic mass is 9.93. The number of amides is 3. The molecule has 0 saturated heterocycles. The van der Waals surface area contributed by atoms with Gasteiger partial charge in [-0.05, 0) is 96.8 Å². The van der Waals surface area contributed by atoms with Gasteiger partial charge in [-0.3, -0.25) is 9.59 Å². The molecule has 0 spiro atoms. The number of hydrogen-bond acceptors (Lipinski definition) is 4. The quantitative estimate of drug-likeness (QED) is 0.497. The van der Waals surface area contributed by atoms with E-state index in [-0.39, 0.29) is 29.7 Å². The standard InChI is InChI=1S/C29H47N3O4/c1-17(2)15-22(30-27(35)36-29(9,10)11)26(34)32(23-16-19(23)4)24(25(33)31-28(6,7)8)21-14-12-13-18(3)20(21)5/h12-14,17,19,22-24H,15-16H2,1-11H3,(H,30,35)(H,31,33). The zero-order chi connectivity index (χ0) is 27.6. The van der Waals surface area contributed by atoms with Crippen LogP contribution in [-0.4, -0.2) is 46.0 Å². The van der Waals surface area contributed by atoms with Crippen LogP contribution in [0.2, 0.25) is 0 Å². The molecular formula is C29H47N3O4. The molecule has 0 bridgehead atoms. The van der Waals surface area contributed by atoms with Crippen LogP contribution >= 0.6 is 0 Å². The third kappa shape index (κ3) is 8.24. The third-order valence-corrected chi connectivity index (χ3v) is 6.34. The van der Waals surface area contributed by atoms with Crippen LogP contribution in [0.5, 0.6) is 0 Å². The molecule has 1 aliphatic rings. The monoisotopic (exact) mass is 501 g/mol. The van der Waals surface area contributed by atoms with E-state index in [0.29, 0.717) is 6.42 Å². The molecule has 0 radical (unpaired) electrons. The molecule has 2 N–H and O–H groups in total. The lowest BCUT2D eigenvalue weighted by molar-refractivity contribution is -0.144. The number of alkyl carbamates (subject to hydrolysis) is 1. The minimum atomic E-state index is -0.804. The number of benzene rings is 1. The van der Waals surface area contributed by atoms with E-state index in [9.17, 15) is 14.4 Å². The van der Waals surface area contributed by atoms with Gasteiger partial charge < -0.3 is 20.3 Å². The van der Waals surface area contributed by atoms with E-state index in [4.69, 9.17) is 4.74 Å². The van der Waals surface area contributed by atoms with Crippen molar-refractivity contribution in [3.8, 4) is 0 Å². The van der Waals surface area contributed by atoms with Gasteiger partial charge in [0.1, 0.15) is 17.7 Å². The Morgan fingerprint density at radius 2 is 1.67 bits per heavy atom. The molecular weight excluding hydrogens is 454 g/mol. The third-order valence-electron chi connectivity index (χ3n) is 6.34. The first-order valence-corrected chi connectivity index (χ1v) is 13.1. The van der Waals surface area contributed by atoms with Crippen LogP contribution < -0.4 is 10.6 Å². The molecule has 36 heavy (non-hydrogen) atoms. The number of nitrogens with one attached hydrogen (secondary N) is 2. The fourth-order valence-electron chi connectivity index (χ4n) is 4.42. The molecule has 1 fully saturated rings. The Morgan fingerprint density at radius 3 is 2.14 bits per heavy atom. The van der Waals surface area contributed by atoms with Gasteiger partial charge in [0.05, 0.1) is 0 Å². The van der Waals surface area contributed by atoms with Crippen LogP contribution in [0.3, 0.4) is 0 Å². The van der Waals surface area contributed by atoms with Crippen molar-refractivity contribution in [3.63, 3.8) is 0 Å². The Bertz CT molecular complexity index is 958. The molecule has 1 aliphatic carbocycles. The summed E-state index contributed by atoms with van der Waals surface area (Å²) in [6, 6.07) is 4.18. The molecule has 202 valence electrons. The van der Waals surface area contributed by atoms with Crippen molar-refractivity contribution >= 4 is 17.9 Å². The summed E-state index contributed by atoms with van der Waals surface area (Å²) in [5.74, 6) is -0.0526. The Morgan fingerprint density at radius 1 is 1.08 bits per heavy atom. The maximum atomic E-state index is 14.3. The van der Waals surface area contributed by atoms with E-state index in [0.717, 1.165) is 23.1 Å². The van der Waals surface area contributed by atoms with Gasteiger partial charge in [-0.1, -0.05) is 39.0 Å². The molecule has 0 heterocycles. The normalized spacial score (nSPS) is 19.3. The first-order chi connectivity index (χ1) is 16.4. The van der Waals surface area contributed by atoms with Crippen LogP contribution in [0.1, 0.15) is 97.9 Å². The number of nitrogens with zero attached hydrogens (tertiary/aromatic N) is 1. The lowest BCUT2D eigenvalue weighted by Crippen LogP contribution is -2.56. The van der Waals surface area contributed by atoms with Crippen molar-refractivity contribution in [2.75, 3.05) is 0 Å². The van der Waals surface area contributed by atoms with Crippen LogP contribution in [0, 0.1) is 25.7 Å². The smallest absolute Gasteiger partial charge is 0.408 e. The molecule has 1 aromatic carbocycles.